The van der Waals surface area contributed by atoms with Crippen molar-refractivity contribution in [1.29, 1.82) is 0 Å². The average molecular weight is 318 g/mol. The summed E-state index contributed by atoms with van der Waals surface area (Å²) in [6, 6.07) is 10.6. The first-order valence-corrected chi connectivity index (χ1v) is 6.16. The standard InChI is InChI=1S/C13H8BrClF2/c14-11-3-1-2-10(13(11)17)12(15)8-4-6-9(16)7-5-8/h1-7,12H. The predicted molar refractivity (Wildman–Crippen MR) is 68.2 cm³/mol. The Morgan fingerprint density at radius 3 is 2.29 bits per heavy atom. The van der Waals surface area contributed by atoms with Gasteiger partial charge in [-0.15, -0.1) is 11.6 Å². The highest BCUT2D eigenvalue weighted by atomic mass is 79.9. The van der Waals surface area contributed by atoms with Crippen LogP contribution in [0.3, 0.4) is 0 Å². The second-order valence-electron chi connectivity index (χ2n) is 3.56. The van der Waals surface area contributed by atoms with Crippen LogP contribution in [0.4, 0.5) is 8.78 Å². The van der Waals surface area contributed by atoms with Crippen molar-refractivity contribution in [3.8, 4) is 0 Å². The van der Waals surface area contributed by atoms with E-state index in [1.807, 2.05) is 0 Å². The Balaban J connectivity index is 2.40. The highest BCUT2D eigenvalue weighted by Gasteiger charge is 2.16. The minimum atomic E-state index is -0.631. The predicted octanol–water partition coefficient (Wildman–Crippen LogP) is 5.06. The van der Waals surface area contributed by atoms with Gasteiger partial charge in [-0.3, -0.25) is 0 Å². The highest BCUT2D eigenvalue weighted by molar-refractivity contribution is 9.10. The molecule has 1 atom stereocenters. The van der Waals surface area contributed by atoms with Gasteiger partial charge in [0.15, 0.2) is 0 Å². The van der Waals surface area contributed by atoms with Gasteiger partial charge in [0.25, 0.3) is 0 Å². The van der Waals surface area contributed by atoms with E-state index in [0.717, 1.165) is 0 Å². The molecule has 4 heteroatoms. The van der Waals surface area contributed by atoms with Gasteiger partial charge in [0, 0.05) is 5.56 Å². The second kappa shape index (κ2) is 5.15. The number of hydrogen-bond acceptors (Lipinski definition) is 0. The first-order valence-electron chi connectivity index (χ1n) is 4.93. The van der Waals surface area contributed by atoms with E-state index in [2.05, 4.69) is 15.9 Å². The molecule has 1 unspecified atom stereocenters. The van der Waals surface area contributed by atoms with Crippen molar-refractivity contribution < 1.29 is 8.78 Å². The molecule has 2 aromatic carbocycles. The van der Waals surface area contributed by atoms with Crippen LogP contribution in [-0.2, 0) is 0 Å². The van der Waals surface area contributed by atoms with E-state index >= 15 is 0 Å². The zero-order chi connectivity index (χ0) is 12.4. The van der Waals surface area contributed by atoms with Gasteiger partial charge < -0.3 is 0 Å². The first kappa shape index (κ1) is 12.5. The summed E-state index contributed by atoms with van der Waals surface area (Å²) in [5, 5.41) is -0.631. The molecule has 0 saturated heterocycles. The van der Waals surface area contributed by atoms with Gasteiger partial charge >= 0.3 is 0 Å². The van der Waals surface area contributed by atoms with Gasteiger partial charge in [0.1, 0.15) is 11.6 Å². The Kier molecular flexibility index (Phi) is 3.79. The van der Waals surface area contributed by atoms with Gasteiger partial charge in [-0.25, -0.2) is 8.78 Å². The van der Waals surface area contributed by atoms with Gasteiger partial charge in [0.05, 0.1) is 9.85 Å². The van der Waals surface area contributed by atoms with Gasteiger partial charge in [-0.1, -0.05) is 24.3 Å². The lowest BCUT2D eigenvalue weighted by molar-refractivity contribution is 0.605. The van der Waals surface area contributed by atoms with Crippen molar-refractivity contribution in [1.82, 2.24) is 0 Å². The SMILES string of the molecule is Fc1ccc(C(Cl)c2cccc(Br)c2F)cc1. The summed E-state index contributed by atoms with van der Waals surface area (Å²) >= 11 is 9.28. The van der Waals surface area contributed by atoms with Crippen molar-refractivity contribution in [2.24, 2.45) is 0 Å². The smallest absolute Gasteiger partial charge is 0.142 e. The Morgan fingerprint density at radius 1 is 1.00 bits per heavy atom. The third kappa shape index (κ3) is 2.67. The minimum absolute atomic E-state index is 0.340. The fourth-order valence-corrected chi connectivity index (χ4v) is 2.22. The van der Waals surface area contributed by atoms with Crippen molar-refractivity contribution in [2.75, 3.05) is 0 Å². The van der Waals surface area contributed by atoms with E-state index in [1.165, 1.54) is 12.1 Å². The fourth-order valence-electron chi connectivity index (χ4n) is 1.53. The summed E-state index contributed by atoms with van der Waals surface area (Å²) in [6.45, 7) is 0. The molecule has 0 radical (unpaired) electrons. The molecule has 0 spiro atoms. The van der Waals surface area contributed by atoms with Crippen LogP contribution in [0.2, 0.25) is 0 Å². The van der Waals surface area contributed by atoms with Crippen LogP contribution in [0.25, 0.3) is 0 Å². The van der Waals surface area contributed by atoms with Gasteiger partial charge in [-0.2, -0.15) is 0 Å². The normalized spacial score (nSPS) is 12.5. The third-order valence-corrected chi connectivity index (χ3v) is 3.52. The van der Waals surface area contributed by atoms with E-state index in [0.29, 0.717) is 15.6 Å². The number of hydrogen-bond donors (Lipinski definition) is 0. The number of alkyl halides is 1. The lowest BCUT2D eigenvalue weighted by Crippen LogP contribution is -1.97. The van der Waals surface area contributed by atoms with Crippen molar-refractivity contribution in [3.63, 3.8) is 0 Å². The molecular weight excluding hydrogens is 309 g/mol. The van der Waals surface area contributed by atoms with Crippen LogP contribution in [0.1, 0.15) is 16.5 Å². The summed E-state index contributed by atoms with van der Waals surface area (Å²) in [7, 11) is 0. The maximum Gasteiger partial charge on any atom is 0.142 e. The molecule has 88 valence electrons. The quantitative estimate of drug-likeness (QED) is 0.680. The molecule has 2 rings (SSSR count). The van der Waals surface area contributed by atoms with Crippen molar-refractivity contribution >= 4 is 27.5 Å². The highest BCUT2D eigenvalue weighted by Crippen LogP contribution is 2.33. The summed E-state index contributed by atoms with van der Waals surface area (Å²) in [5.74, 6) is -0.732. The van der Waals surface area contributed by atoms with Crippen molar-refractivity contribution in [2.45, 2.75) is 5.38 Å². The van der Waals surface area contributed by atoms with Crippen LogP contribution >= 0.6 is 27.5 Å². The van der Waals surface area contributed by atoms with Crippen LogP contribution in [0.15, 0.2) is 46.9 Å². The Bertz CT molecular complexity index is 525. The molecule has 17 heavy (non-hydrogen) atoms. The maximum atomic E-state index is 13.8. The maximum absolute atomic E-state index is 13.8. The molecule has 0 aliphatic rings. The molecule has 0 aliphatic carbocycles. The lowest BCUT2D eigenvalue weighted by Gasteiger charge is -2.12. The molecule has 0 fully saturated rings. The zero-order valence-corrected chi connectivity index (χ0v) is 11.0. The number of benzene rings is 2. The molecule has 0 amide bonds. The average Bonchev–Trinajstić information content (AvgIpc) is 2.33. The topological polar surface area (TPSA) is 0 Å². The Labute approximate surface area is 111 Å². The second-order valence-corrected chi connectivity index (χ2v) is 4.85. The summed E-state index contributed by atoms with van der Waals surface area (Å²) in [5.41, 5.74) is 1.03. The monoisotopic (exact) mass is 316 g/mol. The van der Waals surface area contributed by atoms with E-state index in [1.54, 1.807) is 30.3 Å². The lowest BCUT2D eigenvalue weighted by atomic mass is 10.0. The van der Waals surface area contributed by atoms with Crippen LogP contribution < -0.4 is 0 Å². The third-order valence-electron chi connectivity index (χ3n) is 2.42. The fraction of sp³-hybridized carbons (Fsp3) is 0.0769. The number of rotatable bonds is 2. The number of halogens is 4. The molecule has 0 saturated carbocycles. The molecular formula is C13H8BrClF2. The molecule has 0 aromatic heterocycles. The van der Waals surface area contributed by atoms with Gasteiger partial charge in [0.2, 0.25) is 0 Å². The van der Waals surface area contributed by atoms with Crippen LogP contribution in [0, 0.1) is 11.6 Å². The Hall–Kier alpha value is -0.930. The summed E-state index contributed by atoms with van der Waals surface area (Å²) in [6.07, 6.45) is 0. The molecule has 0 nitrogen and oxygen atoms in total. The summed E-state index contributed by atoms with van der Waals surface area (Å²) < 4.78 is 26.9. The molecule has 0 aliphatic heterocycles. The van der Waals surface area contributed by atoms with Crippen molar-refractivity contribution in [3.05, 3.63) is 69.7 Å². The first-order chi connectivity index (χ1) is 8.09. The zero-order valence-electron chi connectivity index (χ0n) is 8.63. The van der Waals surface area contributed by atoms with Crippen LogP contribution in [-0.4, -0.2) is 0 Å². The molecule has 0 heterocycles. The summed E-state index contributed by atoms with van der Waals surface area (Å²) in [4.78, 5) is 0. The van der Waals surface area contributed by atoms with Crippen LogP contribution in [0.5, 0.6) is 0 Å². The molecule has 0 N–H and O–H groups in total. The molecule has 2 aromatic rings. The van der Waals surface area contributed by atoms with E-state index < -0.39 is 11.2 Å². The van der Waals surface area contributed by atoms with E-state index in [4.69, 9.17) is 11.6 Å². The minimum Gasteiger partial charge on any atom is -0.207 e. The Morgan fingerprint density at radius 2 is 1.65 bits per heavy atom. The van der Waals surface area contributed by atoms with E-state index in [9.17, 15) is 8.78 Å². The molecule has 0 bridgehead atoms. The van der Waals surface area contributed by atoms with Gasteiger partial charge in [-0.05, 0) is 39.7 Å². The van der Waals surface area contributed by atoms with E-state index in [-0.39, 0.29) is 5.82 Å². The largest absolute Gasteiger partial charge is 0.207 e.